The van der Waals surface area contributed by atoms with Crippen LogP contribution in [-0.4, -0.2) is 57.8 Å². The average molecular weight is 528 g/mol. The maximum absolute atomic E-state index is 13.7. The molecule has 2 fully saturated rings. The fourth-order valence-corrected chi connectivity index (χ4v) is 5.15. The molecule has 0 bridgehead atoms. The Bertz CT molecular complexity index is 1170. The van der Waals surface area contributed by atoms with Crippen molar-refractivity contribution < 1.29 is 35.9 Å². The van der Waals surface area contributed by atoms with Crippen LogP contribution in [0.4, 0.5) is 31.1 Å². The summed E-state index contributed by atoms with van der Waals surface area (Å²) in [6.07, 6.45) is -7.53. The first-order chi connectivity index (χ1) is 17.2. The Labute approximate surface area is 209 Å². The Morgan fingerprint density at radius 1 is 1.08 bits per heavy atom. The predicted molar refractivity (Wildman–Crippen MR) is 121 cm³/mol. The summed E-state index contributed by atoms with van der Waals surface area (Å²) in [7, 11) is 1.35. The third-order valence-electron chi connectivity index (χ3n) is 7.24. The minimum absolute atomic E-state index is 0.0194. The molecule has 1 unspecified atom stereocenters. The van der Waals surface area contributed by atoms with Crippen LogP contribution in [0, 0.1) is 6.92 Å². The topological polar surface area (TPSA) is 56.8 Å². The van der Waals surface area contributed by atoms with E-state index in [0.717, 1.165) is 10.5 Å². The number of halogens is 6. The highest BCUT2D eigenvalue weighted by molar-refractivity contribution is 5.81. The standard InChI is InChI=1S/C25H26F6N4O2/c1-14-19(5-4-8-32-14)22-20-6-7-21(36)34(20)9-10-35(22)23(37)33(3)15(2)16-11-17(24(26,27)28)13-18(12-16)25(29,30)31/h4-5,8,11-13,15,20,22H,6-7,9-10H2,1-3H3/t15-,20+,22?/m1/s1. The molecule has 37 heavy (non-hydrogen) atoms. The largest absolute Gasteiger partial charge is 0.416 e. The number of alkyl halides is 6. The number of aromatic nitrogens is 1. The van der Waals surface area contributed by atoms with Crippen LogP contribution in [0.1, 0.15) is 59.8 Å². The average Bonchev–Trinajstić information content (AvgIpc) is 3.22. The summed E-state index contributed by atoms with van der Waals surface area (Å²) in [6.45, 7) is 3.61. The van der Waals surface area contributed by atoms with Crippen LogP contribution in [0.2, 0.25) is 0 Å². The first-order valence-electron chi connectivity index (χ1n) is 11.7. The van der Waals surface area contributed by atoms with Crippen molar-refractivity contribution in [1.29, 1.82) is 0 Å². The summed E-state index contributed by atoms with van der Waals surface area (Å²) in [5.74, 6) is -0.0194. The van der Waals surface area contributed by atoms with Gasteiger partial charge in [0.2, 0.25) is 5.91 Å². The molecule has 0 saturated carbocycles. The highest BCUT2D eigenvalue weighted by atomic mass is 19.4. The van der Waals surface area contributed by atoms with Gasteiger partial charge >= 0.3 is 18.4 Å². The van der Waals surface area contributed by atoms with E-state index in [1.54, 1.807) is 29.0 Å². The molecule has 3 atom stereocenters. The summed E-state index contributed by atoms with van der Waals surface area (Å²) in [4.78, 5) is 34.9. The van der Waals surface area contributed by atoms with Gasteiger partial charge in [-0.2, -0.15) is 26.3 Å². The molecule has 6 nitrogen and oxygen atoms in total. The number of hydrogen-bond acceptors (Lipinski definition) is 3. The minimum Gasteiger partial charge on any atom is -0.335 e. The van der Waals surface area contributed by atoms with Crippen LogP contribution in [0.15, 0.2) is 36.5 Å². The van der Waals surface area contributed by atoms with Gasteiger partial charge in [-0.05, 0) is 55.7 Å². The summed E-state index contributed by atoms with van der Waals surface area (Å²) >= 11 is 0. The molecule has 0 spiro atoms. The van der Waals surface area contributed by atoms with Gasteiger partial charge in [-0.15, -0.1) is 0 Å². The highest BCUT2D eigenvalue weighted by Crippen LogP contribution is 2.41. The molecule has 2 aliphatic heterocycles. The van der Waals surface area contributed by atoms with Crippen molar-refractivity contribution in [2.75, 3.05) is 20.1 Å². The molecule has 4 rings (SSSR count). The van der Waals surface area contributed by atoms with Gasteiger partial charge < -0.3 is 14.7 Å². The first-order valence-corrected chi connectivity index (χ1v) is 11.7. The normalized spacial score (nSPS) is 21.2. The zero-order valence-corrected chi connectivity index (χ0v) is 20.4. The lowest BCUT2D eigenvalue weighted by Crippen LogP contribution is -2.57. The number of rotatable bonds is 3. The molecule has 3 amide bonds. The monoisotopic (exact) mass is 528 g/mol. The van der Waals surface area contributed by atoms with Crippen LogP contribution >= 0.6 is 0 Å². The van der Waals surface area contributed by atoms with Crippen LogP contribution in [0.5, 0.6) is 0 Å². The number of benzene rings is 1. The summed E-state index contributed by atoms with van der Waals surface area (Å²) in [5.41, 5.74) is -1.77. The molecule has 2 aliphatic rings. The molecular weight excluding hydrogens is 502 g/mol. The smallest absolute Gasteiger partial charge is 0.335 e. The van der Waals surface area contributed by atoms with Crippen LogP contribution in [-0.2, 0) is 17.1 Å². The van der Waals surface area contributed by atoms with Gasteiger partial charge in [-0.1, -0.05) is 6.07 Å². The maximum Gasteiger partial charge on any atom is 0.416 e. The molecule has 0 aliphatic carbocycles. The van der Waals surface area contributed by atoms with E-state index in [2.05, 4.69) is 4.98 Å². The van der Waals surface area contributed by atoms with Gasteiger partial charge in [-0.25, -0.2) is 4.79 Å². The van der Waals surface area contributed by atoms with Gasteiger partial charge in [0, 0.05) is 38.4 Å². The fraction of sp³-hybridized carbons (Fsp3) is 0.480. The molecule has 2 aromatic rings. The molecule has 0 radical (unpaired) electrons. The second kappa shape index (κ2) is 9.53. The zero-order valence-electron chi connectivity index (χ0n) is 20.4. The van der Waals surface area contributed by atoms with Gasteiger partial charge in [0.25, 0.3) is 0 Å². The molecule has 2 saturated heterocycles. The van der Waals surface area contributed by atoms with E-state index in [-0.39, 0.29) is 36.7 Å². The number of nitrogens with zero attached hydrogens (tertiary/aromatic N) is 4. The van der Waals surface area contributed by atoms with Crippen molar-refractivity contribution in [3.8, 4) is 0 Å². The number of fused-ring (bicyclic) bond motifs is 1. The Kier molecular flexibility index (Phi) is 6.89. The highest BCUT2D eigenvalue weighted by Gasteiger charge is 2.46. The second-order valence-corrected chi connectivity index (χ2v) is 9.42. The van der Waals surface area contributed by atoms with Crippen LogP contribution in [0.3, 0.4) is 0 Å². The molecule has 200 valence electrons. The van der Waals surface area contributed by atoms with E-state index in [0.29, 0.717) is 30.7 Å². The van der Waals surface area contributed by atoms with Crippen molar-refractivity contribution in [2.24, 2.45) is 0 Å². The number of pyridine rings is 1. The SMILES string of the molecule is Cc1ncccc1C1[C@@H]2CCC(=O)N2CCN1C(=O)N(C)[C@H](C)c1cc(C(F)(F)F)cc(C(F)(F)F)c1. The summed E-state index contributed by atoms with van der Waals surface area (Å²) in [5, 5.41) is 0. The molecule has 3 heterocycles. The maximum atomic E-state index is 13.7. The molecule has 1 aromatic carbocycles. The first kappa shape index (κ1) is 26.7. The van der Waals surface area contributed by atoms with Gasteiger partial charge in [0.1, 0.15) is 0 Å². The number of piperazine rings is 1. The van der Waals surface area contributed by atoms with E-state index >= 15 is 0 Å². The second-order valence-electron chi connectivity index (χ2n) is 9.42. The fourth-order valence-electron chi connectivity index (χ4n) is 5.15. The van der Waals surface area contributed by atoms with Crippen molar-refractivity contribution in [1.82, 2.24) is 19.7 Å². The Hall–Kier alpha value is -3.31. The lowest BCUT2D eigenvalue weighted by Gasteiger charge is -2.46. The van der Waals surface area contributed by atoms with Crippen molar-refractivity contribution in [3.05, 3.63) is 64.5 Å². The lowest BCUT2D eigenvalue weighted by molar-refractivity contribution is -0.143. The Morgan fingerprint density at radius 3 is 2.27 bits per heavy atom. The van der Waals surface area contributed by atoms with Gasteiger partial charge in [0.05, 0.1) is 29.3 Å². The number of urea groups is 1. The number of carbonyl (C=O) groups excluding carboxylic acids is 2. The Balaban J connectivity index is 1.69. The Morgan fingerprint density at radius 2 is 1.70 bits per heavy atom. The summed E-state index contributed by atoms with van der Waals surface area (Å²) in [6, 6.07) is 2.35. The minimum atomic E-state index is -4.99. The zero-order chi connectivity index (χ0) is 27.3. The van der Waals surface area contributed by atoms with E-state index in [4.69, 9.17) is 0 Å². The van der Waals surface area contributed by atoms with E-state index in [1.807, 2.05) is 6.07 Å². The third kappa shape index (κ3) is 5.10. The number of amides is 3. The number of carbonyl (C=O) groups is 2. The van der Waals surface area contributed by atoms with Crippen molar-refractivity contribution in [2.45, 2.75) is 57.2 Å². The van der Waals surface area contributed by atoms with Crippen LogP contribution in [0.25, 0.3) is 0 Å². The van der Waals surface area contributed by atoms with E-state index in [9.17, 15) is 35.9 Å². The molecular formula is C25H26F6N4O2. The number of aryl methyl sites for hydroxylation is 1. The van der Waals surface area contributed by atoms with E-state index < -0.39 is 41.6 Å². The summed E-state index contributed by atoms with van der Waals surface area (Å²) < 4.78 is 80.3. The van der Waals surface area contributed by atoms with Crippen molar-refractivity contribution in [3.63, 3.8) is 0 Å². The molecule has 0 N–H and O–H groups in total. The van der Waals surface area contributed by atoms with Gasteiger partial charge in [-0.3, -0.25) is 9.78 Å². The molecule has 12 heteroatoms. The van der Waals surface area contributed by atoms with Crippen molar-refractivity contribution >= 4 is 11.9 Å². The molecule has 1 aromatic heterocycles. The third-order valence-corrected chi connectivity index (χ3v) is 7.24. The quantitative estimate of drug-likeness (QED) is 0.489. The van der Waals surface area contributed by atoms with Gasteiger partial charge in [0.15, 0.2) is 0 Å². The predicted octanol–water partition coefficient (Wildman–Crippen LogP) is 5.59. The lowest BCUT2D eigenvalue weighted by atomic mass is 9.92. The van der Waals surface area contributed by atoms with E-state index in [1.165, 1.54) is 14.0 Å². The number of hydrogen-bond donors (Lipinski definition) is 0. The van der Waals surface area contributed by atoms with Crippen LogP contribution < -0.4 is 0 Å².